The van der Waals surface area contributed by atoms with Crippen LogP contribution >= 0.6 is 0 Å². The first-order valence-electron chi connectivity index (χ1n) is 9.07. The van der Waals surface area contributed by atoms with Crippen LogP contribution in [0.3, 0.4) is 0 Å². The van der Waals surface area contributed by atoms with E-state index in [1.165, 1.54) is 0 Å². The van der Waals surface area contributed by atoms with Crippen molar-refractivity contribution in [2.24, 2.45) is 22.2 Å². The molecule has 7 N–H and O–H groups in total. The summed E-state index contributed by atoms with van der Waals surface area (Å²) < 4.78 is 0. The number of benzene rings is 1. The number of guanidine groups is 1. The van der Waals surface area contributed by atoms with Gasteiger partial charge in [0.1, 0.15) is 6.04 Å². The van der Waals surface area contributed by atoms with Gasteiger partial charge in [0.15, 0.2) is 5.96 Å². The zero-order valence-electron chi connectivity index (χ0n) is 15.4. The van der Waals surface area contributed by atoms with E-state index >= 15 is 0 Å². The standard InChI is InChI=1S/C19H28N6O2/c20-15(13-14-7-2-1-3-8-14)18(27)25-12-6-9-16(25)17(26)23-10-4-5-11-24-19(21)22/h1-5,7-8,15-16H,6,9-13,20H2,(H,23,26)(H4,21,22,24). The monoisotopic (exact) mass is 372 g/mol. The van der Waals surface area contributed by atoms with Crippen LogP contribution in [0.15, 0.2) is 47.5 Å². The van der Waals surface area contributed by atoms with Crippen LogP contribution in [-0.4, -0.2) is 54.4 Å². The molecular formula is C19H28N6O2. The number of nitrogens with one attached hydrogen (secondary N) is 1. The summed E-state index contributed by atoms with van der Waals surface area (Å²) in [7, 11) is 0. The van der Waals surface area contributed by atoms with E-state index in [0.29, 0.717) is 32.5 Å². The van der Waals surface area contributed by atoms with Gasteiger partial charge >= 0.3 is 0 Å². The summed E-state index contributed by atoms with van der Waals surface area (Å²) >= 11 is 0. The highest BCUT2D eigenvalue weighted by Gasteiger charge is 2.35. The van der Waals surface area contributed by atoms with E-state index in [0.717, 1.165) is 12.0 Å². The third kappa shape index (κ3) is 6.41. The van der Waals surface area contributed by atoms with Crippen LogP contribution in [0.2, 0.25) is 0 Å². The van der Waals surface area contributed by atoms with Crippen LogP contribution < -0.4 is 22.5 Å². The Morgan fingerprint density at radius 3 is 2.70 bits per heavy atom. The smallest absolute Gasteiger partial charge is 0.243 e. The van der Waals surface area contributed by atoms with Crippen molar-refractivity contribution in [1.29, 1.82) is 0 Å². The van der Waals surface area contributed by atoms with Gasteiger partial charge in [0.05, 0.1) is 12.6 Å². The van der Waals surface area contributed by atoms with Crippen molar-refractivity contribution in [3.8, 4) is 0 Å². The molecule has 2 rings (SSSR count). The molecule has 8 nitrogen and oxygen atoms in total. The van der Waals surface area contributed by atoms with Crippen molar-refractivity contribution in [1.82, 2.24) is 10.2 Å². The maximum Gasteiger partial charge on any atom is 0.243 e. The largest absolute Gasteiger partial charge is 0.370 e. The second-order valence-corrected chi connectivity index (χ2v) is 6.47. The molecule has 1 aromatic carbocycles. The van der Waals surface area contributed by atoms with Gasteiger partial charge in [0.25, 0.3) is 0 Å². The summed E-state index contributed by atoms with van der Waals surface area (Å²) in [5, 5.41) is 2.81. The number of hydrogen-bond donors (Lipinski definition) is 4. The predicted octanol–water partition coefficient (Wildman–Crippen LogP) is -0.507. The fourth-order valence-electron chi connectivity index (χ4n) is 3.06. The Kier molecular flexibility index (Phi) is 7.81. The average Bonchev–Trinajstić information content (AvgIpc) is 3.14. The molecule has 27 heavy (non-hydrogen) atoms. The quantitative estimate of drug-likeness (QED) is 0.276. The average molecular weight is 372 g/mol. The van der Waals surface area contributed by atoms with E-state index < -0.39 is 12.1 Å². The Morgan fingerprint density at radius 2 is 2.00 bits per heavy atom. The molecule has 1 heterocycles. The lowest BCUT2D eigenvalue weighted by Gasteiger charge is -2.26. The molecule has 1 aliphatic heterocycles. The highest BCUT2D eigenvalue weighted by atomic mass is 16.2. The summed E-state index contributed by atoms with van der Waals surface area (Å²) in [4.78, 5) is 30.6. The molecule has 0 saturated carbocycles. The fourth-order valence-corrected chi connectivity index (χ4v) is 3.06. The van der Waals surface area contributed by atoms with E-state index in [1.54, 1.807) is 17.1 Å². The van der Waals surface area contributed by atoms with Crippen LogP contribution in [0, 0.1) is 0 Å². The Balaban J connectivity index is 1.85. The predicted molar refractivity (Wildman–Crippen MR) is 106 cm³/mol. The van der Waals surface area contributed by atoms with Gasteiger partial charge in [-0.15, -0.1) is 0 Å². The van der Waals surface area contributed by atoms with Crippen LogP contribution in [0.1, 0.15) is 18.4 Å². The number of hydrogen-bond acceptors (Lipinski definition) is 4. The Hall–Kier alpha value is -2.87. The van der Waals surface area contributed by atoms with E-state index in [9.17, 15) is 9.59 Å². The Morgan fingerprint density at radius 1 is 1.26 bits per heavy atom. The molecule has 0 spiro atoms. The van der Waals surface area contributed by atoms with Gasteiger partial charge in [0, 0.05) is 13.1 Å². The van der Waals surface area contributed by atoms with Crippen molar-refractivity contribution in [2.75, 3.05) is 19.6 Å². The lowest BCUT2D eigenvalue weighted by atomic mass is 10.1. The summed E-state index contributed by atoms with van der Waals surface area (Å²) in [6, 6.07) is 8.51. The second kappa shape index (κ2) is 10.3. The normalized spacial score (nSPS) is 17.7. The molecule has 2 atom stereocenters. The number of nitrogens with two attached hydrogens (primary N) is 3. The van der Waals surface area contributed by atoms with E-state index in [2.05, 4.69) is 10.3 Å². The summed E-state index contributed by atoms with van der Waals surface area (Å²) in [6.45, 7) is 1.27. The lowest BCUT2D eigenvalue weighted by Crippen LogP contribution is -2.51. The first-order chi connectivity index (χ1) is 13.0. The molecule has 1 aromatic rings. The van der Waals surface area contributed by atoms with Crippen molar-refractivity contribution >= 4 is 17.8 Å². The van der Waals surface area contributed by atoms with Crippen molar-refractivity contribution < 1.29 is 9.59 Å². The molecule has 0 aromatic heterocycles. The van der Waals surface area contributed by atoms with Gasteiger partial charge in [-0.1, -0.05) is 42.5 Å². The molecular weight excluding hydrogens is 344 g/mol. The minimum absolute atomic E-state index is 0.0237. The summed E-state index contributed by atoms with van der Waals surface area (Å²) in [6.07, 6.45) is 5.42. The SMILES string of the molecule is NC(N)=NCC=CCNC(=O)C1CCCN1C(=O)C(N)Cc1ccccc1. The summed E-state index contributed by atoms with van der Waals surface area (Å²) in [5.74, 6) is -0.324. The fraction of sp³-hybridized carbons (Fsp3) is 0.421. The van der Waals surface area contributed by atoms with Crippen LogP contribution in [0.5, 0.6) is 0 Å². The highest BCUT2D eigenvalue weighted by molar-refractivity contribution is 5.90. The first kappa shape index (κ1) is 20.4. The molecule has 0 aliphatic carbocycles. The topological polar surface area (TPSA) is 140 Å². The molecule has 1 saturated heterocycles. The van der Waals surface area contributed by atoms with Gasteiger partial charge in [0.2, 0.25) is 11.8 Å². The van der Waals surface area contributed by atoms with Crippen molar-refractivity contribution in [3.05, 3.63) is 48.0 Å². The molecule has 1 fully saturated rings. The third-order valence-electron chi connectivity index (χ3n) is 4.39. The Labute approximate surface area is 159 Å². The van der Waals surface area contributed by atoms with E-state index in [-0.39, 0.29) is 17.8 Å². The molecule has 0 radical (unpaired) electrons. The van der Waals surface area contributed by atoms with Crippen LogP contribution in [0.4, 0.5) is 0 Å². The highest BCUT2D eigenvalue weighted by Crippen LogP contribution is 2.19. The molecule has 8 heteroatoms. The lowest BCUT2D eigenvalue weighted by molar-refractivity contribution is -0.139. The Bertz CT molecular complexity index is 685. The molecule has 2 unspecified atom stereocenters. The number of nitrogens with zero attached hydrogens (tertiary/aromatic N) is 2. The van der Waals surface area contributed by atoms with Crippen LogP contribution in [0.25, 0.3) is 0 Å². The van der Waals surface area contributed by atoms with Crippen LogP contribution in [-0.2, 0) is 16.0 Å². The number of amides is 2. The molecule has 2 amide bonds. The van der Waals surface area contributed by atoms with E-state index in [4.69, 9.17) is 17.2 Å². The van der Waals surface area contributed by atoms with Crippen molar-refractivity contribution in [3.63, 3.8) is 0 Å². The van der Waals surface area contributed by atoms with Gasteiger partial charge < -0.3 is 27.4 Å². The van der Waals surface area contributed by atoms with Gasteiger partial charge in [-0.05, 0) is 24.8 Å². The minimum atomic E-state index is -0.653. The summed E-state index contributed by atoms with van der Waals surface area (Å²) in [5.41, 5.74) is 17.6. The van der Waals surface area contributed by atoms with E-state index in [1.807, 2.05) is 30.3 Å². The number of rotatable bonds is 8. The number of carbonyl (C=O) groups is 2. The maximum atomic E-state index is 12.7. The number of carbonyl (C=O) groups excluding carboxylic acids is 2. The number of aliphatic imine (C=N–C) groups is 1. The van der Waals surface area contributed by atoms with Gasteiger partial charge in [-0.2, -0.15) is 0 Å². The second-order valence-electron chi connectivity index (χ2n) is 6.47. The van der Waals surface area contributed by atoms with Crippen molar-refractivity contribution in [2.45, 2.75) is 31.3 Å². The molecule has 0 bridgehead atoms. The van der Waals surface area contributed by atoms with Gasteiger partial charge in [-0.25, -0.2) is 4.99 Å². The zero-order valence-corrected chi connectivity index (χ0v) is 15.4. The number of likely N-dealkylation sites (tertiary alicyclic amines) is 1. The third-order valence-corrected chi connectivity index (χ3v) is 4.39. The molecule has 1 aliphatic rings. The minimum Gasteiger partial charge on any atom is -0.370 e. The zero-order chi connectivity index (χ0) is 19.6. The first-order valence-corrected chi connectivity index (χ1v) is 9.07. The molecule has 146 valence electrons. The van der Waals surface area contributed by atoms with Gasteiger partial charge in [-0.3, -0.25) is 9.59 Å². The maximum absolute atomic E-state index is 12.7.